The van der Waals surface area contributed by atoms with Gasteiger partial charge in [0.05, 0.1) is 17.1 Å². The van der Waals surface area contributed by atoms with Crippen LogP contribution in [0.1, 0.15) is 44.6 Å². The molecule has 5 aromatic rings. The second-order valence-corrected chi connectivity index (χ2v) is 10.3. The Hall–Kier alpha value is -4.17. The van der Waals surface area contributed by atoms with E-state index >= 15 is 0 Å². The van der Waals surface area contributed by atoms with Gasteiger partial charge in [0, 0.05) is 24.7 Å². The summed E-state index contributed by atoms with van der Waals surface area (Å²) in [6.07, 6.45) is 5.97. The van der Waals surface area contributed by atoms with Crippen molar-refractivity contribution in [2.75, 3.05) is 4.90 Å². The molecule has 0 bridgehead atoms. The molecule has 164 valence electrons. The van der Waals surface area contributed by atoms with Gasteiger partial charge in [-0.25, -0.2) is 0 Å². The first-order valence-corrected chi connectivity index (χ1v) is 12.6. The first-order valence-electron chi connectivity index (χ1n) is 12.6. The molecular weight excluding hydrogens is 424 g/mol. The SMILES string of the molecule is c1ccc2c(c1)Cc1c-2ccc2c1-c1ccc3c(c1C2)Cc1ccnc2c1N3c1ccccc1C2. The van der Waals surface area contributed by atoms with Crippen molar-refractivity contribution in [2.45, 2.75) is 25.7 Å². The largest absolute Gasteiger partial charge is 0.308 e. The van der Waals surface area contributed by atoms with E-state index in [0.29, 0.717) is 0 Å². The highest BCUT2D eigenvalue weighted by Gasteiger charge is 2.36. The van der Waals surface area contributed by atoms with E-state index in [-0.39, 0.29) is 0 Å². The fourth-order valence-corrected chi connectivity index (χ4v) is 7.16. The van der Waals surface area contributed by atoms with Gasteiger partial charge in [-0.15, -0.1) is 0 Å². The number of hydrogen-bond donors (Lipinski definition) is 0. The van der Waals surface area contributed by atoms with Crippen LogP contribution in [0.15, 0.2) is 85.1 Å². The molecule has 2 aliphatic heterocycles. The molecule has 0 spiro atoms. The standard InChI is InChI=1S/C33H22N2/c1-3-7-23-19(5-1)15-28-24(23)10-9-21-16-26-25(32(21)28)11-12-31-27(26)17-22-13-14-34-29-18-20-6-2-4-8-30(20)35(31)33(22)29/h1-14H,15-18H2. The van der Waals surface area contributed by atoms with Crippen LogP contribution in [0.3, 0.4) is 0 Å². The van der Waals surface area contributed by atoms with Gasteiger partial charge < -0.3 is 4.90 Å². The zero-order valence-electron chi connectivity index (χ0n) is 19.3. The summed E-state index contributed by atoms with van der Waals surface area (Å²) in [5.74, 6) is 0. The van der Waals surface area contributed by atoms with Crippen molar-refractivity contribution in [2.24, 2.45) is 0 Å². The summed E-state index contributed by atoms with van der Waals surface area (Å²) in [4.78, 5) is 7.31. The molecule has 4 aliphatic rings. The number of rotatable bonds is 0. The van der Waals surface area contributed by atoms with Crippen LogP contribution < -0.4 is 4.90 Å². The van der Waals surface area contributed by atoms with E-state index in [9.17, 15) is 0 Å². The minimum Gasteiger partial charge on any atom is -0.308 e. The number of pyridine rings is 1. The summed E-state index contributed by atoms with van der Waals surface area (Å²) in [5.41, 5.74) is 21.2. The summed E-state index contributed by atoms with van der Waals surface area (Å²) >= 11 is 0. The molecule has 0 saturated carbocycles. The summed E-state index contributed by atoms with van der Waals surface area (Å²) in [5, 5.41) is 0. The third-order valence-corrected chi connectivity index (χ3v) is 8.62. The minimum absolute atomic E-state index is 0.911. The van der Waals surface area contributed by atoms with Crippen LogP contribution in [-0.2, 0) is 25.7 Å². The molecule has 3 heterocycles. The molecule has 35 heavy (non-hydrogen) atoms. The predicted molar refractivity (Wildman–Crippen MR) is 141 cm³/mol. The topological polar surface area (TPSA) is 16.1 Å². The van der Waals surface area contributed by atoms with Crippen molar-refractivity contribution in [1.82, 2.24) is 4.98 Å². The van der Waals surface area contributed by atoms with E-state index in [1.165, 1.54) is 84.0 Å². The second-order valence-electron chi connectivity index (χ2n) is 10.3. The lowest BCUT2D eigenvalue weighted by atomic mass is 9.85. The normalized spacial score (nSPS) is 14.9. The van der Waals surface area contributed by atoms with Crippen molar-refractivity contribution in [3.8, 4) is 22.3 Å². The van der Waals surface area contributed by atoms with Crippen LogP contribution in [0.5, 0.6) is 0 Å². The predicted octanol–water partition coefficient (Wildman–Crippen LogP) is 7.50. The number of nitrogens with zero attached hydrogens (tertiary/aromatic N) is 2. The maximum absolute atomic E-state index is 4.81. The van der Waals surface area contributed by atoms with Gasteiger partial charge >= 0.3 is 0 Å². The highest BCUT2D eigenvalue weighted by Crippen LogP contribution is 2.54. The average molecular weight is 447 g/mol. The lowest BCUT2D eigenvalue weighted by molar-refractivity contribution is 0.953. The number of anilines is 3. The van der Waals surface area contributed by atoms with Gasteiger partial charge in [0.25, 0.3) is 0 Å². The highest BCUT2D eigenvalue weighted by molar-refractivity contribution is 5.95. The molecular formula is C33H22N2. The van der Waals surface area contributed by atoms with Gasteiger partial charge in [0.1, 0.15) is 0 Å². The monoisotopic (exact) mass is 446 g/mol. The van der Waals surface area contributed by atoms with Crippen molar-refractivity contribution in [3.05, 3.63) is 130 Å². The lowest BCUT2D eigenvalue weighted by Crippen LogP contribution is -2.26. The second kappa shape index (κ2) is 6.28. The molecule has 4 aromatic carbocycles. The molecule has 0 atom stereocenters. The molecule has 0 radical (unpaired) electrons. The van der Waals surface area contributed by atoms with E-state index in [2.05, 4.69) is 83.8 Å². The van der Waals surface area contributed by atoms with Crippen LogP contribution in [-0.4, -0.2) is 4.98 Å². The quantitative estimate of drug-likeness (QED) is 0.240. The van der Waals surface area contributed by atoms with Gasteiger partial charge in [-0.05, 0) is 92.2 Å². The fraction of sp³-hybridized carbons (Fsp3) is 0.121. The molecule has 0 saturated heterocycles. The van der Waals surface area contributed by atoms with Crippen LogP contribution in [0, 0.1) is 0 Å². The molecule has 0 unspecified atom stereocenters. The Morgan fingerprint density at radius 3 is 2.29 bits per heavy atom. The molecule has 0 amide bonds. The average Bonchev–Trinajstić information content (AvgIpc) is 3.47. The first kappa shape index (κ1) is 18.2. The first-order chi connectivity index (χ1) is 17.3. The minimum atomic E-state index is 0.911. The molecule has 9 rings (SSSR count). The lowest BCUT2D eigenvalue weighted by Gasteiger charge is -2.39. The van der Waals surface area contributed by atoms with Crippen molar-refractivity contribution < 1.29 is 0 Å². The molecule has 0 N–H and O–H groups in total. The number of aromatic nitrogens is 1. The molecule has 2 aliphatic carbocycles. The maximum Gasteiger partial charge on any atom is 0.0716 e. The molecule has 1 aromatic heterocycles. The Labute approximate surface area is 204 Å². The van der Waals surface area contributed by atoms with E-state index in [1.54, 1.807) is 0 Å². The van der Waals surface area contributed by atoms with E-state index < -0.39 is 0 Å². The molecule has 0 fully saturated rings. The molecule has 2 nitrogen and oxygen atoms in total. The van der Waals surface area contributed by atoms with Gasteiger partial charge in [0.2, 0.25) is 0 Å². The number of benzene rings is 4. The van der Waals surface area contributed by atoms with Gasteiger partial charge in [-0.3, -0.25) is 4.98 Å². The Bertz CT molecular complexity index is 1760. The van der Waals surface area contributed by atoms with Gasteiger partial charge in [-0.2, -0.15) is 0 Å². The smallest absolute Gasteiger partial charge is 0.0716 e. The van der Waals surface area contributed by atoms with Crippen LogP contribution in [0.2, 0.25) is 0 Å². The van der Waals surface area contributed by atoms with E-state index in [1.807, 2.05) is 6.20 Å². The van der Waals surface area contributed by atoms with E-state index in [4.69, 9.17) is 4.98 Å². The summed E-state index contributed by atoms with van der Waals surface area (Å²) in [6.45, 7) is 0. The Morgan fingerprint density at radius 1 is 0.514 bits per heavy atom. The van der Waals surface area contributed by atoms with Gasteiger partial charge in [-0.1, -0.05) is 60.7 Å². The fourth-order valence-electron chi connectivity index (χ4n) is 7.16. The van der Waals surface area contributed by atoms with Crippen LogP contribution in [0.25, 0.3) is 22.3 Å². The van der Waals surface area contributed by atoms with Crippen molar-refractivity contribution in [1.29, 1.82) is 0 Å². The third-order valence-electron chi connectivity index (χ3n) is 8.62. The Morgan fingerprint density at radius 2 is 1.31 bits per heavy atom. The third kappa shape index (κ3) is 2.23. The Balaban J connectivity index is 1.28. The number of hydrogen-bond acceptors (Lipinski definition) is 2. The van der Waals surface area contributed by atoms with Crippen LogP contribution in [0.4, 0.5) is 17.1 Å². The summed E-state index contributed by atoms with van der Waals surface area (Å²) in [6, 6.07) is 29.5. The highest BCUT2D eigenvalue weighted by atomic mass is 15.2. The van der Waals surface area contributed by atoms with Crippen molar-refractivity contribution in [3.63, 3.8) is 0 Å². The summed E-state index contributed by atoms with van der Waals surface area (Å²) in [7, 11) is 0. The zero-order valence-corrected chi connectivity index (χ0v) is 19.3. The van der Waals surface area contributed by atoms with Gasteiger partial charge in [0.15, 0.2) is 0 Å². The van der Waals surface area contributed by atoms with Crippen LogP contribution >= 0.6 is 0 Å². The molecule has 2 heteroatoms. The van der Waals surface area contributed by atoms with Crippen molar-refractivity contribution >= 4 is 17.1 Å². The maximum atomic E-state index is 4.81. The van der Waals surface area contributed by atoms with E-state index in [0.717, 1.165) is 25.7 Å². The number of fused-ring (bicyclic) bond motifs is 12. The number of para-hydroxylation sites is 1. The summed E-state index contributed by atoms with van der Waals surface area (Å²) < 4.78 is 0. The zero-order chi connectivity index (χ0) is 22.7. The Kier molecular flexibility index (Phi) is 3.27.